The lowest BCUT2D eigenvalue weighted by Gasteiger charge is -2.02. The second-order valence-electron chi connectivity index (χ2n) is 3.86. The minimum Gasteiger partial charge on any atom is -0.449 e. The molecular weight excluding hydrogens is 214 g/mol. The van der Waals surface area contributed by atoms with E-state index in [-0.39, 0.29) is 5.91 Å². The highest BCUT2D eigenvalue weighted by Gasteiger charge is 2.03. The lowest BCUT2D eigenvalue weighted by molar-refractivity contribution is -0.116. The lowest BCUT2D eigenvalue weighted by Crippen LogP contribution is -2.10. The predicted molar refractivity (Wildman–Crippen MR) is 66.7 cm³/mol. The van der Waals surface area contributed by atoms with Crippen molar-refractivity contribution in [2.75, 3.05) is 5.32 Å². The van der Waals surface area contributed by atoms with Crippen molar-refractivity contribution in [3.05, 3.63) is 54.3 Å². The number of rotatable bonds is 5. The third-order valence-corrected chi connectivity index (χ3v) is 2.50. The van der Waals surface area contributed by atoms with Gasteiger partial charge in [0, 0.05) is 12.5 Å². The van der Waals surface area contributed by atoms with E-state index in [4.69, 9.17) is 4.42 Å². The molecule has 0 spiro atoms. The van der Waals surface area contributed by atoms with Crippen LogP contribution in [0.3, 0.4) is 0 Å². The number of furan rings is 1. The van der Waals surface area contributed by atoms with Crippen LogP contribution in [0.5, 0.6) is 0 Å². The summed E-state index contributed by atoms with van der Waals surface area (Å²) in [5.74, 6) is 0.505. The molecule has 0 saturated carbocycles. The SMILES string of the molecule is O=C(CCCc1ccccc1)Nc1ccco1. The van der Waals surface area contributed by atoms with Crippen LogP contribution in [0.4, 0.5) is 5.88 Å². The van der Waals surface area contributed by atoms with Crippen molar-refractivity contribution < 1.29 is 9.21 Å². The van der Waals surface area contributed by atoms with Gasteiger partial charge in [-0.15, -0.1) is 0 Å². The molecule has 0 aliphatic rings. The van der Waals surface area contributed by atoms with Crippen molar-refractivity contribution in [2.24, 2.45) is 0 Å². The van der Waals surface area contributed by atoms with Crippen LogP contribution in [0.2, 0.25) is 0 Å². The van der Waals surface area contributed by atoms with Crippen LogP contribution in [-0.2, 0) is 11.2 Å². The van der Waals surface area contributed by atoms with Gasteiger partial charge in [-0.3, -0.25) is 10.1 Å². The van der Waals surface area contributed by atoms with Gasteiger partial charge >= 0.3 is 0 Å². The number of hydrogen-bond acceptors (Lipinski definition) is 2. The highest BCUT2D eigenvalue weighted by Crippen LogP contribution is 2.09. The predicted octanol–water partition coefficient (Wildman–Crippen LogP) is 3.24. The van der Waals surface area contributed by atoms with E-state index in [0.717, 1.165) is 12.8 Å². The van der Waals surface area contributed by atoms with Crippen LogP contribution in [0, 0.1) is 0 Å². The summed E-state index contributed by atoms with van der Waals surface area (Å²) in [6, 6.07) is 13.6. The third-order valence-electron chi connectivity index (χ3n) is 2.50. The average molecular weight is 229 g/mol. The smallest absolute Gasteiger partial charge is 0.226 e. The normalized spacial score (nSPS) is 10.1. The Bertz CT molecular complexity index is 448. The Morgan fingerprint density at radius 1 is 1.12 bits per heavy atom. The van der Waals surface area contributed by atoms with Crippen molar-refractivity contribution in [1.82, 2.24) is 0 Å². The van der Waals surface area contributed by atoms with Gasteiger partial charge in [-0.05, 0) is 24.5 Å². The topological polar surface area (TPSA) is 42.2 Å². The number of carbonyl (C=O) groups excluding carboxylic acids is 1. The van der Waals surface area contributed by atoms with Crippen LogP contribution < -0.4 is 5.32 Å². The Morgan fingerprint density at radius 2 is 1.94 bits per heavy atom. The number of amides is 1. The zero-order chi connectivity index (χ0) is 11.9. The molecule has 1 amide bonds. The molecule has 2 rings (SSSR count). The van der Waals surface area contributed by atoms with Crippen LogP contribution >= 0.6 is 0 Å². The van der Waals surface area contributed by atoms with E-state index >= 15 is 0 Å². The molecule has 0 bridgehead atoms. The van der Waals surface area contributed by atoms with Crippen LogP contribution in [0.25, 0.3) is 0 Å². The standard InChI is InChI=1S/C14H15NO2/c16-13(15-14-10-5-11-17-14)9-4-8-12-6-2-1-3-7-12/h1-3,5-7,10-11H,4,8-9H2,(H,15,16). The highest BCUT2D eigenvalue weighted by molar-refractivity contribution is 5.89. The molecule has 0 fully saturated rings. The maximum atomic E-state index is 11.5. The van der Waals surface area contributed by atoms with Crippen LogP contribution in [0.1, 0.15) is 18.4 Å². The molecule has 0 aliphatic heterocycles. The molecule has 0 unspecified atom stereocenters. The van der Waals surface area contributed by atoms with E-state index in [1.54, 1.807) is 18.4 Å². The first-order valence-corrected chi connectivity index (χ1v) is 5.72. The summed E-state index contributed by atoms with van der Waals surface area (Å²) in [4.78, 5) is 11.5. The molecular formula is C14H15NO2. The van der Waals surface area contributed by atoms with Crippen molar-refractivity contribution in [2.45, 2.75) is 19.3 Å². The molecule has 0 atom stereocenters. The van der Waals surface area contributed by atoms with Crippen LogP contribution in [0.15, 0.2) is 53.1 Å². The Balaban J connectivity index is 1.70. The number of aryl methyl sites for hydroxylation is 1. The number of carbonyl (C=O) groups is 1. The maximum absolute atomic E-state index is 11.5. The molecule has 88 valence electrons. The highest BCUT2D eigenvalue weighted by atomic mass is 16.3. The van der Waals surface area contributed by atoms with Gasteiger partial charge in [0.1, 0.15) is 0 Å². The first-order valence-electron chi connectivity index (χ1n) is 5.72. The summed E-state index contributed by atoms with van der Waals surface area (Å²) < 4.78 is 5.04. The maximum Gasteiger partial charge on any atom is 0.226 e. The van der Waals surface area contributed by atoms with Crippen molar-refractivity contribution in [1.29, 1.82) is 0 Å². The van der Waals surface area contributed by atoms with E-state index in [2.05, 4.69) is 17.4 Å². The first-order chi connectivity index (χ1) is 8.34. The zero-order valence-corrected chi connectivity index (χ0v) is 9.56. The van der Waals surface area contributed by atoms with E-state index in [0.29, 0.717) is 12.3 Å². The molecule has 0 radical (unpaired) electrons. The summed E-state index contributed by atoms with van der Waals surface area (Å²) >= 11 is 0. The van der Waals surface area contributed by atoms with Gasteiger partial charge in [0.15, 0.2) is 5.88 Å². The molecule has 3 heteroatoms. The number of nitrogens with one attached hydrogen (secondary N) is 1. The number of benzene rings is 1. The summed E-state index contributed by atoms with van der Waals surface area (Å²) in [7, 11) is 0. The Labute approximate surface area is 100 Å². The van der Waals surface area contributed by atoms with Crippen LogP contribution in [-0.4, -0.2) is 5.91 Å². The van der Waals surface area contributed by atoms with Gasteiger partial charge in [-0.2, -0.15) is 0 Å². The van der Waals surface area contributed by atoms with E-state index < -0.39 is 0 Å². The lowest BCUT2D eigenvalue weighted by atomic mass is 10.1. The third kappa shape index (κ3) is 3.79. The summed E-state index contributed by atoms with van der Waals surface area (Å²) in [5.41, 5.74) is 1.26. The summed E-state index contributed by atoms with van der Waals surface area (Å²) in [5, 5.41) is 2.70. The number of hydrogen-bond donors (Lipinski definition) is 1. The summed E-state index contributed by atoms with van der Waals surface area (Å²) in [6.45, 7) is 0. The second-order valence-corrected chi connectivity index (χ2v) is 3.86. The van der Waals surface area contributed by atoms with Gasteiger partial charge in [-0.25, -0.2) is 0 Å². The average Bonchev–Trinajstić information content (AvgIpc) is 2.83. The molecule has 3 nitrogen and oxygen atoms in total. The van der Waals surface area contributed by atoms with Gasteiger partial charge in [0.05, 0.1) is 6.26 Å². The minimum atomic E-state index is -0.00381. The van der Waals surface area contributed by atoms with Gasteiger partial charge in [0.2, 0.25) is 5.91 Å². The fourth-order valence-corrected chi connectivity index (χ4v) is 1.65. The van der Waals surface area contributed by atoms with Crippen molar-refractivity contribution in [3.63, 3.8) is 0 Å². The largest absolute Gasteiger partial charge is 0.449 e. The summed E-state index contributed by atoms with van der Waals surface area (Å²) in [6.07, 6.45) is 3.82. The van der Waals surface area contributed by atoms with Gasteiger partial charge in [0.25, 0.3) is 0 Å². The fraction of sp³-hybridized carbons (Fsp3) is 0.214. The van der Waals surface area contributed by atoms with E-state index in [1.807, 2.05) is 18.2 Å². The van der Waals surface area contributed by atoms with Gasteiger partial charge in [-0.1, -0.05) is 30.3 Å². The Hall–Kier alpha value is -2.03. The Kier molecular flexibility index (Phi) is 3.97. The molecule has 0 saturated heterocycles. The first kappa shape index (κ1) is 11.5. The molecule has 0 aliphatic carbocycles. The molecule has 1 heterocycles. The van der Waals surface area contributed by atoms with Gasteiger partial charge < -0.3 is 4.42 Å². The van der Waals surface area contributed by atoms with Crippen molar-refractivity contribution in [3.8, 4) is 0 Å². The van der Waals surface area contributed by atoms with E-state index in [9.17, 15) is 4.79 Å². The minimum absolute atomic E-state index is 0.00381. The zero-order valence-electron chi connectivity index (χ0n) is 9.56. The Morgan fingerprint density at radius 3 is 2.65 bits per heavy atom. The molecule has 1 aromatic carbocycles. The fourth-order valence-electron chi connectivity index (χ4n) is 1.65. The van der Waals surface area contributed by atoms with E-state index in [1.165, 1.54) is 5.56 Å². The molecule has 2 aromatic rings. The monoisotopic (exact) mass is 229 g/mol. The van der Waals surface area contributed by atoms with Crippen molar-refractivity contribution >= 4 is 11.8 Å². The quantitative estimate of drug-likeness (QED) is 0.855. The molecule has 1 aromatic heterocycles. The number of anilines is 1. The molecule has 1 N–H and O–H groups in total. The second kappa shape index (κ2) is 5.89. The molecule has 17 heavy (non-hydrogen) atoms.